The van der Waals surface area contributed by atoms with E-state index in [-0.39, 0.29) is 11.6 Å². The van der Waals surface area contributed by atoms with Crippen LogP contribution in [0.2, 0.25) is 5.02 Å². The number of halogens is 2. The molecule has 2 aromatic carbocycles. The number of benzene rings is 2. The zero-order chi connectivity index (χ0) is 15.2. The first-order chi connectivity index (χ1) is 10.1. The van der Waals surface area contributed by atoms with Crippen molar-refractivity contribution in [2.45, 2.75) is 13.3 Å². The zero-order valence-electron chi connectivity index (χ0n) is 11.9. The summed E-state index contributed by atoms with van der Waals surface area (Å²) < 4.78 is 13.3. The summed E-state index contributed by atoms with van der Waals surface area (Å²) in [5, 5.41) is 0.554. The topological polar surface area (TPSA) is 20.3 Å². The number of rotatable bonds is 6. The predicted octanol–water partition coefficient (Wildman–Crippen LogP) is 4.58. The number of hydrogen-bond donors (Lipinski definition) is 0. The highest BCUT2D eigenvalue weighted by molar-refractivity contribution is 6.31. The van der Waals surface area contributed by atoms with Crippen molar-refractivity contribution in [3.05, 3.63) is 64.9 Å². The van der Waals surface area contributed by atoms with Crippen molar-refractivity contribution < 1.29 is 9.18 Å². The maximum atomic E-state index is 13.3. The summed E-state index contributed by atoms with van der Waals surface area (Å²) >= 11 is 5.89. The molecule has 0 heterocycles. The minimum atomic E-state index is -0.271. The molecule has 0 fully saturated rings. The number of hydrogen-bond acceptors (Lipinski definition) is 2. The van der Waals surface area contributed by atoms with Crippen LogP contribution < -0.4 is 4.90 Å². The fraction of sp³-hybridized carbons (Fsp3) is 0.235. The van der Waals surface area contributed by atoms with E-state index in [1.807, 2.05) is 17.9 Å². The van der Waals surface area contributed by atoms with Crippen LogP contribution in [-0.2, 0) is 0 Å². The second-order valence-corrected chi connectivity index (χ2v) is 5.18. The van der Waals surface area contributed by atoms with Gasteiger partial charge in [-0.05, 0) is 37.3 Å². The summed E-state index contributed by atoms with van der Waals surface area (Å²) in [6.45, 7) is 3.24. The van der Waals surface area contributed by atoms with Crippen molar-refractivity contribution in [3.63, 3.8) is 0 Å². The lowest BCUT2D eigenvalue weighted by molar-refractivity contribution is 0.0984. The van der Waals surface area contributed by atoms with E-state index in [9.17, 15) is 9.18 Å². The molecule has 0 spiro atoms. The highest BCUT2D eigenvalue weighted by atomic mass is 35.5. The summed E-state index contributed by atoms with van der Waals surface area (Å²) in [6.07, 6.45) is 0.366. The average Bonchev–Trinajstić information content (AvgIpc) is 2.48. The average molecular weight is 306 g/mol. The van der Waals surface area contributed by atoms with E-state index < -0.39 is 0 Å². The lowest BCUT2D eigenvalue weighted by Crippen LogP contribution is -2.25. The second-order valence-electron chi connectivity index (χ2n) is 4.74. The minimum absolute atomic E-state index is 0.0346. The van der Waals surface area contributed by atoms with Crippen LogP contribution in [0.25, 0.3) is 0 Å². The number of anilines is 1. The van der Waals surface area contributed by atoms with Crippen molar-refractivity contribution in [1.82, 2.24) is 0 Å². The van der Waals surface area contributed by atoms with E-state index in [0.717, 1.165) is 5.69 Å². The maximum absolute atomic E-state index is 13.3. The standard InChI is InChI=1S/C17H17ClFNO/c1-2-20(16-8-4-7-15(19)12-16)10-9-17(21)13-5-3-6-14(18)11-13/h3-8,11-12H,2,9-10H2,1H3. The fourth-order valence-electron chi connectivity index (χ4n) is 2.19. The van der Waals surface area contributed by atoms with Gasteiger partial charge in [0.15, 0.2) is 5.78 Å². The lowest BCUT2D eigenvalue weighted by atomic mass is 10.1. The lowest BCUT2D eigenvalue weighted by Gasteiger charge is -2.22. The largest absolute Gasteiger partial charge is 0.371 e. The summed E-state index contributed by atoms with van der Waals surface area (Å²) in [7, 11) is 0. The molecule has 0 unspecified atom stereocenters. The van der Waals surface area contributed by atoms with E-state index in [0.29, 0.717) is 30.1 Å². The Morgan fingerprint density at radius 1 is 1.19 bits per heavy atom. The van der Waals surface area contributed by atoms with Gasteiger partial charge in [-0.1, -0.05) is 29.8 Å². The van der Waals surface area contributed by atoms with Crippen LogP contribution in [-0.4, -0.2) is 18.9 Å². The van der Waals surface area contributed by atoms with Crippen LogP contribution in [0.5, 0.6) is 0 Å². The smallest absolute Gasteiger partial charge is 0.164 e. The number of carbonyl (C=O) groups excluding carboxylic acids is 1. The maximum Gasteiger partial charge on any atom is 0.164 e. The van der Waals surface area contributed by atoms with Crippen LogP contribution >= 0.6 is 11.6 Å². The Kier molecular flexibility index (Phi) is 5.34. The van der Waals surface area contributed by atoms with Crippen LogP contribution in [0.4, 0.5) is 10.1 Å². The molecule has 0 saturated carbocycles. The molecule has 0 radical (unpaired) electrons. The molecule has 2 nitrogen and oxygen atoms in total. The Morgan fingerprint density at radius 2 is 1.95 bits per heavy atom. The number of carbonyl (C=O) groups is 1. The van der Waals surface area contributed by atoms with E-state index in [1.54, 1.807) is 30.3 Å². The molecule has 21 heavy (non-hydrogen) atoms. The first-order valence-electron chi connectivity index (χ1n) is 6.89. The molecule has 2 aromatic rings. The zero-order valence-corrected chi connectivity index (χ0v) is 12.6. The first kappa shape index (κ1) is 15.5. The van der Waals surface area contributed by atoms with Crippen LogP contribution in [0.15, 0.2) is 48.5 Å². The molecule has 0 saturated heterocycles. The fourth-order valence-corrected chi connectivity index (χ4v) is 2.38. The Hall–Kier alpha value is -1.87. The number of nitrogens with zero attached hydrogens (tertiary/aromatic N) is 1. The van der Waals surface area contributed by atoms with E-state index in [1.165, 1.54) is 12.1 Å². The van der Waals surface area contributed by atoms with E-state index >= 15 is 0 Å². The Balaban J connectivity index is 2.02. The van der Waals surface area contributed by atoms with Crippen LogP contribution in [0.1, 0.15) is 23.7 Å². The van der Waals surface area contributed by atoms with Gasteiger partial charge >= 0.3 is 0 Å². The predicted molar refractivity (Wildman–Crippen MR) is 84.7 cm³/mol. The van der Waals surface area contributed by atoms with Crippen LogP contribution in [0, 0.1) is 5.82 Å². The van der Waals surface area contributed by atoms with E-state index in [2.05, 4.69) is 0 Å². The van der Waals surface area contributed by atoms with Gasteiger partial charge in [0.05, 0.1) is 0 Å². The first-order valence-corrected chi connectivity index (χ1v) is 7.27. The van der Waals surface area contributed by atoms with Gasteiger partial charge in [0.25, 0.3) is 0 Å². The monoisotopic (exact) mass is 305 g/mol. The Bertz CT molecular complexity index is 630. The van der Waals surface area contributed by atoms with Gasteiger partial charge in [-0.15, -0.1) is 0 Å². The second kappa shape index (κ2) is 7.23. The summed E-state index contributed by atoms with van der Waals surface area (Å²) in [5.41, 5.74) is 1.40. The molecule has 0 aliphatic carbocycles. The molecule has 4 heteroatoms. The third-order valence-electron chi connectivity index (χ3n) is 3.31. The van der Waals surface area contributed by atoms with Gasteiger partial charge in [-0.25, -0.2) is 4.39 Å². The number of Topliss-reactive ketones (excluding diaryl/α,β-unsaturated/α-hetero) is 1. The van der Waals surface area contributed by atoms with Gasteiger partial charge < -0.3 is 4.90 Å². The molecule has 2 rings (SSSR count). The highest BCUT2D eigenvalue weighted by Gasteiger charge is 2.10. The van der Waals surface area contributed by atoms with Crippen molar-refractivity contribution in [2.24, 2.45) is 0 Å². The van der Waals surface area contributed by atoms with Gasteiger partial charge in [0.1, 0.15) is 5.82 Å². The quantitative estimate of drug-likeness (QED) is 0.728. The number of ketones is 1. The highest BCUT2D eigenvalue weighted by Crippen LogP contribution is 2.17. The summed E-state index contributed by atoms with van der Waals surface area (Å²) in [4.78, 5) is 14.1. The molecule has 0 aliphatic heterocycles. The Labute approximate surface area is 129 Å². The minimum Gasteiger partial charge on any atom is -0.371 e. The van der Waals surface area contributed by atoms with E-state index in [4.69, 9.17) is 11.6 Å². The molecule has 0 amide bonds. The molecule has 0 aliphatic rings. The van der Waals surface area contributed by atoms with Gasteiger partial charge in [-0.3, -0.25) is 4.79 Å². The molecule has 110 valence electrons. The third kappa shape index (κ3) is 4.30. The third-order valence-corrected chi connectivity index (χ3v) is 3.55. The molecular formula is C17H17ClFNO. The van der Waals surface area contributed by atoms with Crippen molar-refractivity contribution >= 4 is 23.1 Å². The SMILES string of the molecule is CCN(CCC(=O)c1cccc(Cl)c1)c1cccc(F)c1. The molecule has 0 bridgehead atoms. The van der Waals surface area contributed by atoms with Gasteiger partial charge in [-0.2, -0.15) is 0 Å². The van der Waals surface area contributed by atoms with Crippen molar-refractivity contribution in [2.75, 3.05) is 18.0 Å². The normalized spacial score (nSPS) is 10.4. The Morgan fingerprint density at radius 3 is 2.62 bits per heavy atom. The van der Waals surface area contributed by atoms with Crippen molar-refractivity contribution in [3.8, 4) is 0 Å². The molecule has 0 aromatic heterocycles. The van der Waals surface area contributed by atoms with Gasteiger partial charge in [0.2, 0.25) is 0 Å². The van der Waals surface area contributed by atoms with Crippen LogP contribution in [0.3, 0.4) is 0 Å². The molecule has 0 N–H and O–H groups in total. The molecular weight excluding hydrogens is 289 g/mol. The summed E-state index contributed by atoms with van der Waals surface area (Å²) in [5.74, 6) is -0.237. The summed E-state index contributed by atoms with van der Waals surface area (Å²) in [6, 6.07) is 13.3. The van der Waals surface area contributed by atoms with Crippen molar-refractivity contribution in [1.29, 1.82) is 0 Å². The van der Waals surface area contributed by atoms with Gasteiger partial charge in [0, 0.05) is 35.8 Å². The molecule has 0 atom stereocenters.